The first kappa shape index (κ1) is 9.00. The smallest absolute Gasteiger partial charge is 0.325 e. The standard InChI is InChI=1S/C10H17NO2/c1-7-9(11-7)10(12)13-8-5-3-2-4-6-8/h7-9,11H,2-6H2,1H3/t7-,9-/m0/s1. The Balaban J connectivity index is 1.73. The van der Waals surface area contributed by atoms with E-state index >= 15 is 0 Å². The molecule has 1 N–H and O–H groups in total. The van der Waals surface area contributed by atoms with Crippen LogP contribution in [0.15, 0.2) is 0 Å². The third-order valence-corrected chi connectivity index (χ3v) is 2.92. The molecule has 0 aromatic rings. The number of rotatable bonds is 2. The minimum Gasteiger partial charge on any atom is -0.461 e. The highest BCUT2D eigenvalue weighted by Crippen LogP contribution is 2.22. The molecule has 1 aliphatic carbocycles. The summed E-state index contributed by atoms with van der Waals surface area (Å²) in [5.74, 6) is -0.0422. The number of hydrogen-bond donors (Lipinski definition) is 1. The Morgan fingerprint density at radius 3 is 2.46 bits per heavy atom. The monoisotopic (exact) mass is 183 g/mol. The van der Waals surface area contributed by atoms with Gasteiger partial charge in [-0.15, -0.1) is 0 Å². The van der Waals surface area contributed by atoms with E-state index in [2.05, 4.69) is 5.32 Å². The van der Waals surface area contributed by atoms with E-state index < -0.39 is 0 Å². The van der Waals surface area contributed by atoms with Gasteiger partial charge in [0, 0.05) is 6.04 Å². The molecule has 0 unspecified atom stereocenters. The summed E-state index contributed by atoms with van der Waals surface area (Å²) < 4.78 is 5.38. The molecule has 0 aromatic heterocycles. The first-order valence-electron chi connectivity index (χ1n) is 5.24. The lowest BCUT2D eigenvalue weighted by molar-refractivity contribution is -0.149. The van der Waals surface area contributed by atoms with Crippen molar-refractivity contribution in [2.24, 2.45) is 0 Å². The lowest BCUT2D eigenvalue weighted by Crippen LogP contribution is -2.25. The van der Waals surface area contributed by atoms with Crippen molar-refractivity contribution in [3.8, 4) is 0 Å². The average molecular weight is 183 g/mol. The average Bonchev–Trinajstić information content (AvgIpc) is 2.84. The van der Waals surface area contributed by atoms with Crippen molar-refractivity contribution in [1.82, 2.24) is 5.32 Å². The number of ether oxygens (including phenoxy) is 1. The van der Waals surface area contributed by atoms with E-state index in [1.54, 1.807) is 0 Å². The second-order valence-corrected chi connectivity index (χ2v) is 4.13. The first-order chi connectivity index (χ1) is 6.27. The van der Waals surface area contributed by atoms with E-state index in [-0.39, 0.29) is 18.1 Å². The number of nitrogens with one attached hydrogen (secondary N) is 1. The fraction of sp³-hybridized carbons (Fsp3) is 0.900. The number of hydrogen-bond acceptors (Lipinski definition) is 3. The van der Waals surface area contributed by atoms with Crippen LogP contribution >= 0.6 is 0 Å². The minimum absolute atomic E-state index is 0.0121. The molecule has 2 rings (SSSR count). The Labute approximate surface area is 78.8 Å². The van der Waals surface area contributed by atoms with Crippen LogP contribution in [-0.2, 0) is 9.53 Å². The predicted octanol–water partition coefficient (Wildman–Crippen LogP) is 1.22. The van der Waals surface area contributed by atoms with Gasteiger partial charge in [0.1, 0.15) is 12.1 Å². The van der Waals surface area contributed by atoms with Crippen LogP contribution in [0.25, 0.3) is 0 Å². The largest absolute Gasteiger partial charge is 0.461 e. The quantitative estimate of drug-likeness (QED) is 0.517. The third kappa shape index (κ3) is 2.21. The van der Waals surface area contributed by atoms with Crippen LogP contribution < -0.4 is 5.32 Å². The van der Waals surface area contributed by atoms with Crippen LogP contribution in [-0.4, -0.2) is 24.2 Å². The molecule has 3 heteroatoms. The van der Waals surface area contributed by atoms with Crippen LogP contribution in [0.1, 0.15) is 39.0 Å². The molecule has 1 heterocycles. The molecule has 2 atom stereocenters. The van der Waals surface area contributed by atoms with Crippen LogP contribution in [0.3, 0.4) is 0 Å². The molecule has 1 saturated heterocycles. The highest BCUT2D eigenvalue weighted by Gasteiger charge is 2.40. The topological polar surface area (TPSA) is 48.2 Å². The summed E-state index contributed by atoms with van der Waals surface area (Å²) >= 11 is 0. The molecular weight excluding hydrogens is 166 g/mol. The highest BCUT2D eigenvalue weighted by atomic mass is 16.5. The van der Waals surface area contributed by atoms with Gasteiger partial charge >= 0.3 is 5.97 Å². The zero-order chi connectivity index (χ0) is 9.26. The summed E-state index contributed by atoms with van der Waals surface area (Å²) in [6.45, 7) is 2.01. The first-order valence-corrected chi connectivity index (χ1v) is 5.24. The normalized spacial score (nSPS) is 34.2. The molecule has 13 heavy (non-hydrogen) atoms. The lowest BCUT2D eigenvalue weighted by Gasteiger charge is -2.21. The van der Waals surface area contributed by atoms with Crippen LogP contribution in [0.5, 0.6) is 0 Å². The van der Waals surface area contributed by atoms with Gasteiger partial charge in [0.25, 0.3) is 0 Å². The van der Waals surface area contributed by atoms with Crippen LogP contribution in [0.4, 0.5) is 0 Å². The Morgan fingerprint density at radius 1 is 1.31 bits per heavy atom. The molecule has 0 aromatic carbocycles. The fourth-order valence-electron chi connectivity index (χ4n) is 1.92. The van der Waals surface area contributed by atoms with Crippen molar-refractivity contribution >= 4 is 5.97 Å². The van der Waals surface area contributed by atoms with Crippen molar-refractivity contribution in [1.29, 1.82) is 0 Å². The Kier molecular flexibility index (Phi) is 2.54. The summed E-state index contributed by atoms with van der Waals surface area (Å²) in [7, 11) is 0. The Bertz CT molecular complexity index is 199. The second-order valence-electron chi connectivity index (χ2n) is 4.13. The highest BCUT2D eigenvalue weighted by molar-refractivity contribution is 5.80. The molecule has 0 radical (unpaired) electrons. The molecule has 1 aliphatic heterocycles. The summed E-state index contributed by atoms with van der Waals surface area (Å²) in [6, 6.07) is 0.318. The van der Waals surface area contributed by atoms with E-state index in [4.69, 9.17) is 4.74 Å². The maximum Gasteiger partial charge on any atom is 0.325 e. The molecule has 1 saturated carbocycles. The molecule has 2 fully saturated rings. The summed E-state index contributed by atoms with van der Waals surface area (Å²) in [4.78, 5) is 11.4. The third-order valence-electron chi connectivity index (χ3n) is 2.92. The van der Waals surface area contributed by atoms with Crippen molar-refractivity contribution in [2.45, 2.75) is 57.2 Å². The van der Waals surface area contributed by atoms with Gasteiger partial charge in [-0.3, -0.25) is 10.1 Å². The zero-order valence-electron chi connectivity index (χ0n) is 8.08. The molecule has 0 spiro atoms. The number of carbonyl (C=O) groups excluding carboxylic acids is 1. The summed E-state index contributed by atoms with van der Waals surface area (Å²) in [5.41, 5.74) is 0. The van der Waals surface area contributed by atoms with Crippen molar-refractivity contribution in [2.75, 3.05) is 0 Å². The van der Waals surface area contributed by atoms with Gasteiger partial charge in [0.05, 0.1) is 0 Å². The van der Waals surface area contributed by atoms with E-state index in [0.717, 1.165) is 12.8 Å². The van der Waals surface area contributed by atoms with Gasteiger partial charge in [-0.1, -0.05) is 6.42 Å². The van der Waals surface area contributed by atoms with E-state index in [9.17, 15) is 4.79 Å². The summed E-state index contributed by atoms with van der Waals surface area (Å²) in [5, 5.41) is 3.05. The molecule has 0 amide bonds. The van der Waals surface area contributed by atoms with Gasteiger partial charge in [-0.25, -0.2) is 0 Å². The van der Waals surface area contributed by atoms with Gasteiger partial charge in [0.2, 0.25) is 0 Å². The lowest BCUT2D eigenvalue weighted by atomic mass is 9.98. The van der Waals surface area contributed by atoms with Crippen molar-refractivity contribution in [3.05, 3.63) is 0 Å². The SMILES string of the molecule is C[C@@H]1N[C@@H]1C(=O)OC1CCCCC1. The Morgan fingerprint density at radius 2 is 1.92 bits per heavy atom. The maximum absolute atomic E-state index is 11.4. The van der Waals surface area contributed by atoms with Gasteiger partial charge in [-0.2, -0.15) is 0 Å². The van der Waals surface area contributed by atoms with Crippen LogP contribution in [0.2, 0.25) is 0 Å². The van der Waals surface area contributed by atoms with Gasteiger partial charge in [0.15, 0.2) is 0 Å². The van der Waals surface area contributed by atoms with Crippen molar-refractivity contribution in [3.63, 3.8) is 0 Å². The molecule has 3 nitrogen and oxygen atoms in total. The Hall–Kier alpha value is -0.570. The van der Waals surface area contributed by atoms with Crippen molar-refractivity contribution < 1.29 is 9.53 Å². The minimum atomic E-state index is -0.0422. The van der Waals surface area contributed by atoms with E-state index in [1.165, 1.54) is 19.3 Å². The molecule has 0 bridgehead atoms. The van der Waals surface area contributed by atoms with Crippen LogP contribution in [0, 0.1) is 0 Å². The number of esters is 1. The second kappa shape index (κ2) is 3.66. The van der Waals surface area contributed by atoms with Gasteiger partial charge < -0.3 is 4.74 Å². The maximum atomic E-state index is 11.4. The molecule has 74 valence electrons. The molecule has 2 aliphatic rings. The van der Waals surface area contributed by atoms with E-state index in [1.807, 2.05) is 6.92 Å². The molecular formula is C10H17NO2. The number of carbonyl (C=O) groups is 1. The fourth-order valence-corrected chi connectivity index (χ4v) is 1.92. The predicted molar refractivity (Wildman–Crippen MR) is 49.4 cm³/mol. The van der Waals surface area contributed by atoms with E-state index in [0.29, 0.717) is 6.04 Å². The summed E-state index contributed by atoms with van der Waals surface area (Å²) in [6.07, 6.45) is 6.05. The zero-order valence-corrected chi connectivity index (χ0v) is 8.08. The van der Waals surface area contributed by atoms with Gasteiger partial charge in [-0.05, 0) is 32.6 Å².